The van der Waals surface area contributed by atoms with Gasteiger partial charge in [-0.1, -0.05) is 56.7 Å². The van der Waals surface area contributed by atoms with Crippen molar-refractivity contribution in [2.24, 2.45) is 0 Å². The summed E-state index contributed by atoms with van der Waals surface area (Å²) in [4.78, 5) is 0. The number of hydrogen-bond acceptors (Lipinski definition) is 2. The summed E-state index contributed by atoms with van der Waals surface area (Å²) in [6.45, 7) is 8.27. The third-order valence-electron chi connectivity index (χ3n) is 3.47. The number of hydrogen-bond donors (Lipinski definition) is 1. The Morgan fingerprint density at radius 2 is 2.05 bits per heavy atom. The lowest BCUT2D eigenvalue weighted by Gasteiger charge is -2.23. The standard InChI is InChI=1S/C17H27NO/c1-5-7-8-13-17(19-4)18-14(3)16-12-10-9-11-15(16)6-2/h6,9-12,14,17-18H,2,5,7-8,13H2,1,3-4H3. The molecule has 2 heteroatoms. The lowest BCUT2D eigenvalue weighted by Crippen LogP contribution is -2.33. The molecule has 0 aliphatic heterocycles. The van der Waals surface area contributed by atoms with Gasteiger partial charge in [0.15, 0.2) is 0 Å². The number of ether oxygens (including phenoxy) is 1. The first kappa shape index (κ1) is 15.9. The monoisotopic (exact) mass is 261 g/mol. The van der Waals surface area contributed by atoms with Gasteiger partial charge < -0.3 is 4.74 Å². The zero-order chi connectivity index (χ0) is 14.1. The molecule has 0 spiro atoms. The zero-order valence-corrected chi connectivity index (χ0v) is 12.5. The fraction of sp³-hybridized carbons (Fsp3) is 0.529. The second kappa shape index (κ2) is 8.89. The van der Waals surface area contributed by atoms with Crippen LogP contribution in [0.15, 0.2) is 30.8 Å². The summed E-state index contributed by atoms with van der Waals surface area (Å²) in [6.07, 6.45) is 6.80. The van der Waals surface area contributed by atoms with Crippen molar-refractivity contribution in [3.8, 4) is 0 Å². The van der Waals surface area contributed by atoms with Crippen molar-refractivity contribution in [2.45, 2.75) is 51.8 Å². The first-order valence-corrected chi connectivity index (χ1v) is 7.23. The highest BCUT2D eigenvalue weighted by Gasteiger charge is 2.13. The van der Waals surface area contributed by atoms with E-state index in [2.05, 4.69) is 43.9 Å². The molecule has 2 atom stereocenters. The van der Waals surface area contributed by atoms with Crippen molar-refractivity contribution in [3.05, 3.63) is 42.0 Å². The minimum absolute atomic E-state index is 0.124. The Balaban J connectivity index is 2.60. The van der Waals surface area contributed by atoms with E-state index in [0.717, 1.165) is 6.42 Å². The summed E-state index contributed by atoms with van der Waals surface area (Å²) in [6, 6.07) is 8.62. The molecule has 2 unspecified atom stereocenters. The predicted molar refractivity (Wildman–Crippen MR) is 83.0 cm³/mol. The molecule has 0 fully saturated rings. The van der Waals surface area contributed by atoms with Gasteiger partial charge in [0.2, 0.25) is 0 Å². The molecule has 1 rings (SSSR count). The second-order valence-electron chi connectivity index (χ2n) is 4.94. The van der Waals surface area contributed by atoms with Gasteiger partial charge in [-0.15, -0.1) is 0 Å². The van der Waals surface area contributed by atoms with Crippen LogP contribution in [0.3, 0.4) is 0 Å². The molecular weight excluding hydrogens is 234 g/mol. The first-order chi connectivity index (χ1) is 9.22. The van der Waals surface area contributed by atoms with Crippen molar-refractivity contribution in [2.75, 3.05) is 7.11 Å². The molecule has 0 aliphatic carbocycles. The lowest BCUT2D eigenvalue weighted by atomic mass is 10.0. The summed E-state index contributed by atoms with van der Waals surface area (Å²) >= 11 is 0. The van der Waals surface area contributed by atoms with Crippen LogP contribution in [0.2, 0.25) is 0 Å². The van der Waals surface area contributed by atoms with Crippen molar-refractivity contribution in [1.29, 1.82) is 0 Å². The van der Waals surface area contributed by atoms with Crippen LogP contribution in [0, 0.1) is 0 Å². The fourth-order valence-electron chi connectivity index (χ4n) is 2.31. The number of methoxy groups -OCH3 is 1. The topological polar surface area (TPSA) is 21.3 Å². The smallest absolute Gasteiger partial charge is 0.108 e. The summed E-state index contributed by atoms with van der Waals surface area (Å²) in [5, 5.41) is 3.55. The van der Waals surface area contributed by atoms with Crippen LogP contribution in [0.1, 0.15) is 56.7 Å². The van der Waals surface area contributed by atoms with Gasteiger partial charge in [0.25, 0.3) is 0 Å². The second-order valence-corrected chi connectivity index (χ2v) is 4.94. The Labute approximate surface area is 117 Å². The maximum Gasteiger partial charge on any atom is 0.108 e. The molecule has 1 aromatic carbocycles. The third-order valence-corrected chi connectivity index (χ3v) is 3.47. The van der Waals surface area contributed by atoms with Crippen LogP contribution in [-0.4, -0.2) is 13.3 Å². The van der Waals surface area contributed by atoms with Gasteiger partial charge in [-0.05, 0) is 30.9 Å². The summed E-state index contributed by atoms with van der Waals surface area (Å²) in [7, 11) is 1.77. The highest BCUT2D eigenvalue weighted by atomic mass is 16.5. The molecule has 0 aliphatic rings. The van der Waals surface area contributed by atoms with Crippen molar-refractivity contribution < 1.29 is 4.74 Å². The number of rotatable bonds is 9. The van der Waals surface area contributed by atoms with Gasteiger partial charge in [-0.25, -0.2) is 0 Å². The Kier molecular flexibility index (Phi) is 7.46. The largest absolute Gasteiger partial charge is 0.367 e. The van der Waals surface area contributed by atoms with Crippen molar-refractivity contribution in [1.82, 2.24) is 5.32 Å². The van der Waals surface area contributed by atoms with Gasteiger partial charge in [0, 0.05) is 13.2 Å². The predicted octanol–water partition coefficient (Wildman–Crippen LogP) is 4.53. The van der Waals surface area contributed by atoms with E-state index in [4.69, 9.17) is 4.74 Å². The Bertz CT molecular complexity index is 375. The fourth-order valence-corrected chi connectivity index (χ4v) is 2.31. The molecule has 1 aromatic rings. The number of nitrogens with one attached hydrogen (secondary N) is 1. The quantitative estimate of drug-likeness (QED) is 0.521. The lowest BCUT2D eigenvalue weighted by molar-refractivity contribution is 0.0559. The Hall–Kier alpha value is -1.12. The Morgan fingerprint density at radius 3 is 2.68 bits per heavy atom. The molecule has 0 aromatic heterocycles. The van der Waals surface area contributed by atoms with Crippen LogP contribution in [0.4, 0.5) is 0 Å². The third kappa shape index (κ3) is 5.17. The number of benzene rings is 1. The van der Waals surface area contributed by atoms with E-state index in [9.17, 15) is 0 Å². The SMILES string of the molecule is C=Cc1ccccc1C(C)NC(CCCCC)OC. The molecule has 0 saturated heterocycles. The highest BCUT2D eigenvalue weighted by Crippen LogP contribution is 2.20. The average molecular weight is 261 g/mol. The van der Waals surface area contributed by atoms with Crippen molar-refractivity contribution >= 4 is 6.08 Å². The normalized spacial score (nSPS) is 14.1. The Morgan fingerprint density at radius 1 is 1.32 bits per heavy atom. The van der Waals surface area contributed by atoms with Gasteiger partial charge in [0.05, 0.1) is 0 Å². The molecule has 2 nitrogen and oxygen atoms in total. The molecule has 0 heterocycles. The molecule has 0 bridgehead atoms. The number of unbranched alkanes of at least 4 members (excludes halogenated alkanes) is 2. The highest BCUT2D eigenvalue weighted by molar-refractivity contribution is 5.52. The van der Waals surface area contributed by atoms with Crippen LogP contribution < -0.4 is 5.32 Å². The molecule has 106 valence electrons. The van der Waals surface area contributed by atoms with Crippen molar-refractivity contribution in [3.63, 3.8) is 0 Å². The average Bonchev–Trinajstić information content (AvgIpc) is 2.46. The minimum atomic E-state index is 0.124. The molecule has 19 heavy (non-hydrogen) atoms. The maximum atomic E-state index is 5.53. The molecule has 0 amide bonds. The van der Waals surface area contributed by atoms with E-state index >= 15 is 0 Å². The molecule has 1 N–H and O–H groups in total. The van der Waals surface area contributed by atoms with Crippen LogP contribution in [-0.2, 0) is 4.74 Å². The first-order valence-electron chi connectivity index (χ1n) is 7.23. The minimum Gasteiger partial charge on any atom is -0.367 e. The summed E-state index contributed by atoms with van der Waals surface area (Å²) < 4.78 is 5.53. The summed E-state index contributed by atoms with van der Waals surface area (Å²) in [5.74, 6) is 0. The van der Waals surface area contributed by atoms with E-state index in [0.29, 0.717) is 0 Å². The van der Waals surface area contributed by atoms with E-state index in [1.807, 2.05) is 12.1 Å². The molecular formula is C17H27NO. The van der Waals surface area contributed by atoms with E-state index < -0.39 is 0 Å². The van der Waals surface area contributed by atoms with Crippen LogP contribution in [0.25, 0.3) is 6.08 Å². The van der Waals surface area contributed by atoms with E-state index in [1.54, 1.807) is 7.11 Å². The van der Waals surface area contributed by atoms with Crippen LogP contribution in [0.5, 0.6) is 0 Å². The van der Waals surface area contributed by atoms with Gasteiger partial charge in [-0.2, -0.15) is 0 Å². The maximum absolute atomic E-state index is 5.53. The molecule has 0 saturated carbocycles. The zero-order valence-electron chi connectivity index (χ0n) is 12.5. The van der Waals surface area contributed by atoms with Gasteiger partial charge in [0.1, 0.15) is 6.23 Å². The van der Waals surface area contributed by atoms with E-state index in [-0.39, 0.29) is 12.3 Å². The van der Waals surface area contributed by atoms with Gasteiger partial charge in [-0.3, -0.25) is 5.32 Å². The van der Waals surface area contributed by atoms with Crippen LogP contribution >= 0.6 is 0 Å². The summed E-state index contributed by atoms with van der Waals surface area (Å²) in [5.41, 5.74) is 2.46. The van der Waals surface area contributed by atoms with E-state index in [1.165, 1.54) is 30.4 Å². The molecule has 0 radical (unpaired) electrons. The van der Waals surface area contributed by atoms with Gasteiger partial charge >= 0.3 is 0 Å².